The van der Waals surface area contributed by atoms with Gasteiger partial charge in [0.15, 0.2) is 0 Å². The number of halogens is 1. The molecule has 110 valence electrons. The van der Waals surface area contributed by atoms with Crippen LogP contribution in [0.25, 0.3) is 0 Å². The number of hydrogen-bond donors (Lipinski definition) is 2. The Labute approximate surface area is 126 Å². The quantitative estimate of drug-likeness (QED) is 0.883. The molecule has 0 radical (unpaired) electrons. The number of amides is 1. The average Bonchev–Trinajstić information content (AvgIpc) is 2.73. The molecule has 0 saturated heterocycles. The molecule has 3 atom stereocenters. The van der Waals surface area contributed by atoms with Crippen LogP contribution >= 0.6 is 11.6 Å². The first kappa shape index (κ1) is 15.2. The van der Waals surface area contributed by atoms with Gasteiger partial charge in [0.25, 0.3) is 5.91 Å². The van der Waals surface area contributed by atoms with Crippen molar-refractivity contribution in [3.8, 4) is 0 Å². The fourth-order valence-corrected chi connectivity index (χ4v) is 3.04. The van der Waals surface area contributed by atoms with Crippen molar-refractivity contribution in [2.75, 3.05) is 11.9 Å². The van der Waals surface area contributed by atoms with Crippen LogP contribution in [0, 0.1) is 11.8 Å². The molecule has 3 nitrogen and oxygen atoms in total. The van der Waals surface area contributed by atoms with Crippen molar-refractivity contribution >= 4 is 23.2 Å². The lowest BCUT2D eigenvalue weighted by Gasteiger charge is -2.20. The molecule has 1 aliphatic carbocycles. The fourth-order valence-electron chi connectivity index (χ4n) is 2.86. The van der Waals surface area contributed by atoms with Crippen LogP contribution in [-0.2, 0) is 0 Å². The Morgan fingerprint density at radius 3 is 2.70 bits per heavy atom. The van der Waals surface area contributed by atoms with E-state index in [9.17, 15) is 4.79 Å². The SMILES string of the molecule is CCNc1ccc(Cl)cc1C(=O)NC1CCC(C)C1C. The van der Waals surface area contributed by atoms with Gasteiger partial charge in [-0.3, -0.25) is 4.79 Å². The minimum Gasteiger partial charge on any atom is -0.385 e. The van der Waals surface area contributed by atoms with Crippen LogP contribution in [0.4, 0.5) is 5.69 Å². The monoisotopic (exact) mass is 294 g/mol. The Balaban J connectivity index is 2.14. The fraction of sp³-hybridized carbons (Fsp3) is 0.562. The summed E-state index contributed by atoms with van der Waals surface area (Å²) < 4.78 is 0. The van der Waals surface area contributed by atoms with Crippen LogP contribution in [-0.4, -0.2) is 18.5 Å². The van der Waals surface area contributed by atoms with Gasteiger partial charge in [0.1, 0.15) is 0 Å². The maximum atomic E-state index is 12.5. The molecule has 0 bridgehead atoms. The van der Waals surface area contributed by atoms with E-state index in [0.717, 1.165) is 18.7 Å². The number of rotatable bonds is 4. The van der Waals surface area contributed by atoms with E-state index in [-0.39, 0.29) is 11.9 Å². The molecule has 4 heteroatoms. The number of benzene rings is 1. The van der Waals surface area contributed by atoms with Gasteiger partial charge in [-0.25, -0.2) is 0 Å². The highest BCUT2D eigenvalue weighted by atomic mass is 35.5. The molecule has 1 saturated carbocycles. The lowest BCUT2D eigenvalue weighted by molar-refractivity contribution is 0.0928. The van der Waals surface area contributed by atoms with Gasteiger partial charge in [-0.05, 0) is 49.8 Å². The lowest BCUT2D eigenvalue weighted by Crippen LogP contribution is -2.37. The molecule has 1 aromatic carbocycles. The van der Waals surface area contributed by atoms with Gasteiger partial charge in [0.05, 0.1) is 5.56 Å². The summed E-state index contributed by atoms with van der Waals surface area (Å²) in [4.78, 5) is 12.5. The van der Waals surface area contributed by atoms with Gasteiger partial charge in [-0.1, -0.05) is 25.4 Å². The summed E-state index contributed by atoms with van der Waals surface area (Å²) in [7, 11) is 0. The van der Waals surface area contributed by atoms with Gasteiger partial charge in [-0.2, -0.15) is 0 Å². The summed E-state index contributed by atoms with van der Waals surface area (Å²) in [6.07, 6.45) is 2.24. The summed E-state index contributed by atoms with van der Waals surface area (Å²) in [5.41, 5.74) is 1.47. The van der Waals surface area contributed by atoms with E-state index < -0.39 is 0 Å². The highest BCUT2D eigenvalue weighted by molar-refractivity contribution is 6.31. The zero-order valence-electron chi connectivity index (χ0n) is 12.4. The predicted molar refractivity (Wildman–Crippen MR) is 84.4 cm³/mol. The van der Waals surface area contributed by atoms with Crippen LogP contribution in [0.2, 0.25) is 5.02 Å². The molecule has 0 spiro atoms. The zero-order valence-corrected chi connectivity index (χ0v) is 13.1. The zero-order chi connectivity index (χ0) is 14.7. The molecule has 2 rings (SSSR count). The van der Waals surface area contributed by atoms with Crippen LogP contribution in [0.3, 0.4) is 0 Å². The summed E-state index contributed by atoms with van der Waals surface area (Å²) in [5.74, 6) is 1.17. The second-order valence-electron chi connectivity index (χ2n) is 5.71. The van der Waals surface area contributed by atoms with E-state index in [1.807, 2.05) is 13.0 Å². The molecule has 1 fully saturated rings. The van der Waals surface area contributed by atoms with Crippen molar-refractivity contribution in [3.05, 3.63) is 28.8 Å². The number of hydrogen-bond acceptors (Lipinski definition) is 2. The largest absolute Gasteiger partial charge is 0.385 e. The predicted octanol–water partition coefficient (Wildman–Crippen LogP) is 3.94. The Bertz CT molecular complexity index is 489. The summed E-state index contributed by atoms with van der Waals surface area (Å²) >= 11 is 6.02. The standard InChI is InChI=1S/C16H23ClN2O/c1-4-18-15-8-6-12(17)9-13(15)16(20)19-14-7-5-10(2)11(14)3/h6,8-11,14,18H,4-5,7H2,1-3H3,(H,19,20). The Hall–Kier alpha value is -1.22. The molecule has 0 aromatic heterocycles. The Kier molecular flexibility index (Phi) is 4.92. The molecule has 2 N–H and O–H groups in total. The van der Waals surface area contributed by atoms with Crippen LogP contribution in [0.1, 0.15) is 44.0 Å². The first-order valence-electron chi connectivity index (χ1n) is 7.37. The van der Waals surface area contributed by atoms with Gasteiger partial charge in [0, 0.05) is 23.3 Å². The topological polar surface area (TPSA) is 41.1 Å². The van der Waals surface area contributed by atoms with Gasteiger partial charge < -0.3 is 10.6 Å². The van der Waals surface area contributed by atoms with Crippen molar-refractivity contribution in [1.82, 2.24) is 5.32 Å². The molecule has 20 heavy (non-hydrogen) atoms. The second kappa shape index (κ2) is 6.49. The van der Waals surface area contributed by atoms with Crippen molar-refractivity contribution in [2.45, 2.75) is 39.7 Å². The van der Waals surface area contributed by atoms with E-state index in [0.29, 0.717) is 22.4 Å². The first-order chi connectivity index (χ1) is 9.52. The van der Waals surface area contributed by atoms with E-state index in [1.165, 1.54) is 6.42 Å². The Morgan fingerprint density at radius 2 is 2.10 bits per heavy atom. The Morgan fingerprint density at radius 1 is 1.35 bits per heavy atom. The minimum absolute atomic E-state index is 0.0330. The van der Waals surface area contributed by atoms with E-state index in [1.54, 1.807) is 12.1 Å². The van der Waals surface area contributed by atoms with E-state index in [4.69, 9.17) is 11.6 Å². The summed E-state index contributed by atoms with van der Waals surface area (Å²) in [6, 6.07) is 5.67. The molecule has 1 aromatic rings. The van der Waals surface area contributed by atoms with Crippen LogP contribution < -0.4 is 10.6 Å². The highest BCUT2D eigenvalue weighted by Gasteiger charge is 2.31. The maximum absolute atomic E-state index is 12.5. The van der Waals surface area contributed by atoms with Crippen molar-refractivity contribution in [1.29, 1.82) is 0 Å². The molecular weight excluding hydrogens is 272 g/mol. The number of anilines is 1. The number of nitrogens with one attached hydrogen (secondary N) is 2. The van der Waals surface area contributed by atoms with Crippen LogP contribution in [0.15, 0.2) is 18.2 Å². The minimum atomic E-state index is -0.0330. The van der Waals surface area contributed by atoms with Gasteiger partial charge in [0.2, 0.25) is 0 Å². The maximum Gasteiger partial charge on any atom is 0.253 e. The summed E-state index contributed by atoms with van der Waals surface area (Å²) in [6.45, 7) is 7.25. The van der Waals surface area contributed by atoms with Crippen LogP contribution in [0.5, 0.6) is 0 Å². The number of carbonyl (C=O) groups excluding carboxylic acids is 1. The molecular formula is C16H23ClN2O. The molecule has 0 aliphatic heterocycles. The molecule has 3 unspecified atom stereocenters. The third kappa shape index (κ3) is 3.26. The number of carbonyl (C=O) groups is 1. The van der Waals surface area contributed by atoms with Crippen molar-refractivity contribution in [3.63, 3.8) is 0 Å². The summed E-state index contributed by atoms with van der Waals surface area (Å²) in [5, 5.41) is 6.96. The van der Waals surface area contributed by atoms with Crippen molar-refractivity contribution < 1.29 is 4.79 Å². The molecule has 1 amide bonds. The first-order valence-corrected chi connectivity index (χ1v) is 7.75. The molecule has 1 aliphatic rings. The lowest BCUT2D eigenvalue weighted by atomic mass is 9.97. The van der Waals surface area contributed by atoms with Gasteiger partial charge >= 0.3 is 0 Å². The van der Waals surface area contributed by atoms with Gasteiger partial charge in [-0.15, -0.1) is 0 Å². The molecule has 0 heterocycles. The third-order valence-corrected chi connectivity index (χ3v) is 4.61. The third-order valence-electron chi connectivity index (χ3n) is 4.38. The normalized spacial score (nSPS) is 25.5. The second-order valence-corrected chi connectivity index (χ2v) is 6.15. The highest BCUT2D eigenvalue weighted by Crippen LogP contribution is 2.31. The van der Waals surface area contributed by atoms with E-state index in [2.05, 4.69) is 24.5 Å². The smallest absolute Gasteiger partial charge is 0.253 e. The average molecular weight is 295 g/mol. The van der Waals surface area contributed by atoms with E-state index >= 15 is 0 Å². The van der Waals surface area contributed by atoms with Crippen molar-refractivity contribution in [2.24, 2.45) is 11.8 Å².